The number of Topliss-reactive ketones (excluding diaryl/α,β-unsaturated/α-hetero) is 1. The summed E-state index contributed by atoms with van der Waals surface area (Å²) in [5.74, 6) is -1.51. The van der Waals surface area contributed by atoms with Crippen LogP contribution in [0.15, 0.2) is 48.5 Å². The molecular weight excluding hydrogens is 334 g/mol. The van der Waals surface area contributed by atoms with E-state index in [1.165, 1.54) is 0 Å². The van der Waals surface area contributed by atoms with Crippen molar-refractivity contribution in [1.82, 2.24) is 5.32 Å². The van der Waals surface area contributed by atoms with Gasteiger partial charge in [-0.05, 0) is 22.3 Å². The molecule has 132 valence electrons. The number of fused-ring (bicyclic) bond motifs is 3. The molecule has 0 aliphatic heterocycles. The topological polar surface area (TPSA) is 92.7 Å². The molecule has 0 aromatic heterocycles. The molecule has 0 heterocycles. The van der Waals surface area contributed by atoms with Gasteiger partial charge in [0.05, 0.1) is 0 Å². The van der Waals surface area contributed by atoms with Gasteiger partial charge in [-0.15, -0.1) is 0 Å². The summed E-state index contributed by atoms with van der Waals surface area (Å²) in [6.45, 7) is 0.101. The van der Waals surface area contributed by atoms with E-state index >= 15 is 0 Å². The molecule has 2 aliphatic rings. The van der Waals surface area contributed by atoms with Crippen LogP contribution in [0.1, 0.15) is 29.9 Å². The smallest absolute Gasteiger partial charge is 0.408 e. The number of benzene rings is 2. The van der Waals surface area contributed by atoms with Crippen molar-refractivity contribution in [1.29, 1.82) is 0 Å². The zero-order valence-electron chi connectivity index (χ0n) is 13.9. The van der Waals surface area contributed by atoms with E-state index in [4.69, 9.17) is 4.74 Å². The number of hydrogen-bond donors (Lipinski definition) is 2. The predicted octanol–water partition coefficient (Wildman–Crippen LogP) is 2.71. The fourth-order valence-electron chi connectivity index (χ4n) is 3.74. The second kappa shape index (κ2) is 5.98. The molecule has 2 N–H and O–H groups in total. The van der Waals surface area contributed by atoms with Crippen molar-refractivity contribution < 1.29 is 24.2 Å². The van der Waals surface area contributed by atoms with E-state index in [1.807, 2.05) is 48.5 Å². The molecule has 4 rings (SSSR count). The van der Waals surface area contributed by atoms with Crippen LogP contribution < -0.4 is 5.32 Å². The number of alkyl carbamates (subject to hydrolysis) is 1. The summed E-state index contributed by atoms with van der Waals surface area (Å²) < 4.78 is 5.33. The lowest BCUT2D eigenvalue weighted by Gasteiger charge is -2.36. The minimum absolute atomic E-state index is 0.100. The number of carbonyl (C=O) groups is 3. The Morgan fingerprint density at radius 1 is 1.04 bits per heavy atom. The van der Waals surface area contributed by atoms with Gasteiger partial charge in [-0.1, -0.05) is 48.5 Å². The molecule has 2 aromatic carbocycles. The van der Waals surface area contributed by atoms with Crippen LogP contribution in [0, 0.1) is 0 Å². The van der Waals surface area contributed by atoms with E-state index < -0.39 is 17.6 Å². The Morgan fingerprint density at radius 2 is 1.58 bits per heavy atom. The van der Waals surface area contributed by atoms with Crippen molar-refractivity contribution in [2.45, 2.75) is 24.3 Å². The lowest BCUT2D eigenvalue weighted by molar-refractivity contribution is -0.154. The largest absolute Gasteiger partial charge is 0.479 e. The minimum atomic E-state index is -1.53. The van der Waals surface area contributed by atoms with E-state index in [2.05, 4.69) is 5.32 Å². The van der Waals surface area contributed by atoms with Gasteiger partial charge in [-0.25, -0.2) is 9.59 Å². The first-order valence-corrected chi connectivity index (χ1v) is 8.38. The molecule has 0 spiro atoms. The number of carboxylic acid groups (broad SMARTS) is 1. The number of nitrogens with one attached hydrogen (secondary N) is 1. The minimum Gasteiger partial charge on any atom is -0.479 e. The SMILES string of the molecule is O=C1CC(NC(=O)OCC2c3ccccc3-c3ccccc32)(C(=O)O)C1. The maximum absolute atomic E-state index is 12.1. The molecule has 1 saturated carbocycles. The third-order valence-corrected chi connectivity index (χ3v) is 5.09. The Balaban J connectivity index is 1.49. The first kappa shape index (κ1) is 16.3. The first-order chi connectivity index (χ1) is 12.5. The van der Waals surface area contributed by atoms with Gasteiger partial charge in [0.25, 0.3) is 0 Å². The second-order valence-corrected chi connectivity index (χ2v) is 6.73. The van der Waals surface area contributed by atoms with E-state index in [9.17, 15) is 19.5 Å². The van der Waals surface area contributed by atoms with Crippen molar-refractivity contribution in [2.24, 2.45) is 0 Å². The summed E-state index contributed by atoms with van der Waals surface area (Å²) in [6, 6.07) is 15.9. The highest BCUT2D eigenvalue weighted by Crippen LogP contribution is 2.44. The zero-order chi connectivity index (χ0) is 18.3. The molecule has 0 atom stereocenters. The number of carboxylic acids is 1. The zero-order valence-corrected chi connectivity index (χ0v) is 13.9. The fourth-order valence-corrected chi connectivity index (χ4v) is 3.74. The van der Waals surface area contributed by atoms with Gasteiger partial charge in [0.2, 0.25) is 0 Å². The van der Waals surface area contributed by atoms with Crippen molar-refractivity contribution in [3.63, 3.8) is 0 Å². The van der Waals surface area contributed by atoms with Gasteiger partial charge in [-0.2, -0.15) is 0 Å². The second-order valence-electron chi connectivity index (χ2n) is 6.73. The van der Waals surface area contributed by atoms with Crippen LogP contribution in [0.25, 0.3) is 11.1 Å². The van der Waals surface area contributed by atoms with Gasteiger partial charge in [0, 0.05) is 18.8 Å². The highest BCUT2D eigenvalue weighted by molar-refractivity contribution is 6.02. The standard InChI is InChI=1S/C20H17NO5/c22-12-9-20(10-12,18(23)24)21-19(25)26-11-17-15-7-3-1-5-13(15)14-6-2-4-8-16(14)17/h1-8,17H,9-11H2,(H,21,25)(H,23,24). The molecule has 2 aromatic rings. The summed E-state index contributed by atoms with van der Waals surface area (Å²) in [6.07, 6.45) is -1.22. The highest BCUT2D eigenvalue weighted by atomic mass is 16.5. The molecule has 1 fully saturated rings. The fraction of sp³-hybridized carbons (Fsp3) is 0.250. The van der Waals surface area contributed by atoms with Crippen molar-refractivity contribution in [3.05, 3.63) is 59.7 Å². The average molecular weight is 351 g/mol. The number of ketones is 1. The van der Waals surface area contributed by atoms with E-state index in [0.29, 0.717) is 0 Å². The lowest BCUT2D eigenvalue weighted by Crippen LogP contribution is -2.63. The Labute approximate surface area is 149 Å². The van der Waals surface area contributed by atoms with E-state index in [0.717, 1.165) is 22.3 Å². The van der Waals surface area contributed by atoms with Crippen molar-refractivity contribution in [3.8, 4) is 11.1 Å². The van der Waals surface area contributed by atoms with Gasteiger partial charge in [0.1, 0.15) is 12.4 Å². The van der Waals surface area contributed by atoms with E-state index in [-0.39, 0.29) is 31.1 Å². The Kier molecular flexibility index (Phi) is 3.76. The molecular formula is C20H17NO5. The number of rotatable bonds is 4. The number of hydrogen-bond acceptors (Lipinski definition) is 4. The quantitative estimate of drug-likeness (QED) is 0.883. The maximum Gasteiger partial charge on any atom is 0.408 e. The van der Waals surface area contributed by atoms with Gasteiger partial charge < -0.3 is 15.2 Å². The third kappa shape index (κ3) is 2.54. The molecule has 0 saturated heterocycles. The number of amides is 1. The Hall–Kier alpha value is -3.15. The maximum atomic E-state index is 12.1. The molecule has 6 heteroatoms. The number of carbonyl (C=O) groups excluding carboxylic acids is 2. The number of ether oxygens (including phenoxy) is 1. The van der Waals surface area contributed by atoms with Crippen LogP contribution in [-0.2, 0) is 14.3 Å². The molecule has 6 nitrogen and oxygen atoms in total. The van der Waals surface area contributed by atoms with Crippen molar-refractivity contribution in [2.75, 3.05) is 6.61 Å². The first-order valence-electron chi connectivity index (χ1n) is 8.38. The molecule has 1 amide bonds. The van der Waals surface area contributed by atoms with Gasteiger partial charge in [0.15, 0.2) is 5.54 Å². The Morgan fingerprint density at radius 3 is 2.08 bits per heavy atom. The summed E-state index contributed by atoms with van der Waals surface area (Å²) in [5.41, 5.74) is 2.86. The molecule has 0 unspecified atom stereocenters. The lowest BCUT2D eigenvalue weighted by atomic mass is 9.76. The van der Waals surface area contributed by atoms with Crippen LogP contribution >= 0.6 is 0 Å². The normalized spacial score (nSPS) is 17.0. The molecule has 0 radical (unpaired) electrons. The van der Waals surface area contributed by atoms with Crippen LogP contribution in [-0.4, -0.2) is 35.1 Å². The highest BCUT2D eigenvalue weighted by Gasteiger charge is 2.51. The van der Waals surface area contributed by atoms with Crippen molar-refractivity contribution >= 4 is 17.8 Å². The third-order valence-electron chi connectivity index (χ3n) is 5.09. The molecule has 2 aliphatic carbocycles. The van der Waals surface area contributed by atoms with Gasteiger partial charge >= 0.3 is 12.1 Å². The van der Waals surface area contributed by atoms with Crippen LogP contribution in [0.4, 0.5) is 4.79 Å². The van der Waals surface area contributed by atoms with E-state index in [1.54, 1.807) is 0 Å². The Bertz CT molecular complexity index is 866. The monoisotopic (exact) mass is 351 g/mol. The average Bonchev–Trinajstić information content (AvgIpc) is 2.92. The van der Waals surface area contributed by atoms with Gasteiger partial charge in [-0.3, -0.25) is 4.79 Å². The predicted molar refractivity (Wildman–Crippen MR) is 92.8 cm³/mol. The van der Waals surface area contributed by atoms with Crippen LogP contribution in [0.3, 0.4) is 0 Å². The van der Waals surface area contributed by atoms with Crippen LogP contribution in [0.5, 0.6) is 0 Å². The van der Waals surface area contributed by atoms with Crippen LogP contribution in [0.2, 0.25) is 0 Å². The summed E-state index contributed by atoms with van der Waals surface area (Å²) in [7, 11) is 0. The summed E-state index contributed by atoms with van der Waals surface area (Å²) in [5, 5.41) is 11.6. The molecule has 0 bridgehead atoms. The number of aliphatic carboxylic acids is 1. The molecule has 26 heavy (non-hydrogen) atoms. The summed E-state index contributed by atoms with van der Waals surface area (Å²) in [4.78, 5) is 34.7. The summed E-state index contributed by atoms with van der Waals surface area (Å²) >= 11 is 0.